The smallest absolute Gasteiger partial charge is 0.179 e. The maximum Gasteiger partial charge on any atom is 0.179 e. The Bertz CT molecular complexity index is 338. The Hall–Kier alpha value is -0.350. The Morgan fingerprint density at radius 2 is 2.23 bits per heavy atom. The number of rotatable bonds is 2. The second-order valence-corrected chi connectivity index (χ2v) is 4.53. The molecule has 13 heavy (non-hydrogen) atoms. The highest BCUT2D eigenvalue weighted by atomic mass is 79.9. The minimum Gasteiger partial charge on any atom is -0.293 e. The zero-order valence-electron chi connectivity index (χ0n) is 6.92. The van der Waals surface area contributed by atoms with Crippen LogP contribution >= 0.6 is 28.6 Å². The van der Waals surface area contributed by atoms with Gasteiger partial charge in [0.2, 0.25) is 0 Å². The van der Waals surface area contributed by atoms with Gasteiger partial charge in [-0.25, -0.2) is 4.39 Å². The van der Waals surface area contributed by atoms with Crippen LogP contribution in [0.2, 0.25) is 0 Å². The maximum absolute atomic E-state index is 13.1. The number of hydrogen-bond acceptors (Lipinski definition) is 2. The van der Waals surface area contributed by atoms with Gasteiger partial charge >= 0.3 is 0 Å². The predicted molar refractivity (Wildman–Crippen MR) is 56.4 cm³/mol. The third-order valence-corrected chi connectivity index (χ3v) is 2.27. The summed E-state index contributed by atoms with van der Waals surface area (Å²) >= 11 is 7.12. The Morgan fingerprint density at radius 3 is 2.77 bits per heavy atom. The minimum absolute atomic E-state index is 0.0804. The van der Waals surface area contributed by atoms with Crippen molar-refractivity contribution >= 4 is 34.3 Å². The lowest BCUT2D eigenvalue weighted by molar-refractivity contribution is 0.0992. The Kier molecular flexibility index (Phi) is 3.50. The van der Waals surface area contributed by atoms with Crippen molar-refractivity contribution in [1.29, 1.82) is 0 Å². The number of benzene rings is 1. The molecule has 70 valence electrons. The Labute approximate surface area is 89.9 Å². The number of carbonyl (C=O) groups excluding carboxylic acids is 1. The number of thiol groups is 1. The van der Waals surface area contributed by atoms with Gasteiger partial charge in [0.05, 0.1) is 10.4 Å². The molecule has 0 spiro atoms. The Morgan fingerprint density at radius 1 is 1.62 bits per heavy atom. The molecule has 1 nitrogen and oxygen atoms in total. The summed E-state index contributed by atoms with van der Waals surface area (Å²) in [5.41, 5.74) is 0.0804. The molecule has 0 fully saturated rings. The van der Waals surface area contributed by atoms with Crippen LogP contribution in [0, 0.1) is 5.82 Å². The van der Waals surface area contributed by atoms with Crippen molar-refractivity contribution in [3.63, 3.8) is 0 Å². The van der Waals surface area contributed by atoms with Gasteiger partial charge in [-0.2, -0.15) is 0 Å². The minimum atomic E-state index is -0.505. The second-order valence-electron chi connectivity index (χ2n) is 2.64. The fraction of sp³-hybridized carbons (Fsp3) is 0.222. The molecular weight excluding hydrogens is 255 g/mol. The van der Waals surface area contributed by atoms with E-state index in [2.05, 4.69) is 28.6 Å². The third-order valence-electron chi connectivity index (χ3n) is 1.58. The van der Waals surface area contributed by atoms with Crippen LogP contribution in [-0.2, 0) is 0 Å². The van der Waals surface area contributed by atoms with Crippen LogP contribution in [-0.4, -0.2) is 10.6 Å². The molecule has 0 heterocycles. The number of carbonyl (C=O) groups is 1. The van der Waals surface area contributed by atoms with E-state index >= 15 is 0 Å². The van der Waals surface area contributed by atoms with Gasteiger partial charge in [0.1, 0.15) is 5.82 Å². The van der Waals surface area contributed by atoms with Crippen molar-refractivity contribution in [2.75, 3.05) is 0 Å². The predicted octanol–water partition coefficient (Wildman–Crippen LogP) is 3.08. The lowest BCUT2D eigenvalue weighted by atomic mass is 10.1. The molecule has 0 N–H and O–H groups in total. The van der Waals surface area contributed by atoms with Crippen LogP contribution in [0.1, 0.15) is 17.3 Å². The molecule has 1 aromatic carbocycles. The molecule has 4 heteroatoms. The fourth-order valence-electron chi connectivity index (χ4n) is 0.916. The number of halogens is 2. The molecule has 1 unspecified atom stereocenters. The number of Topliss-reactive ketones (excluding diaryl/α,β-unsaturated/α-hetero) is 1. The van der Waals surface area contributed by atoms with Crippen molar-refractivity contribution in [3.05, 3.63) is 29.6 Å². The van der Waals surface area contributed by atoms with Crippen LogP contribution in [0.15, 0.2) is 23.1 Å². The zero-order chi connectivity index (χ0) is 10.0. The lowest BCUT2D eigenvalue weighted by Crippen LogP contribution is -2.11. The summed E-state index contributed by atoms with van der Waals surface area (Å²) in [6.45, 7) is 1.66. The Balaban J connectivity index is 3.13. The topological polar surface area (TPSA) is 17.1 Å². The summed E-state index contributed by atoms with van der Waals surface area (Å²) < 4.78 is 13.1. The molecule has 0 aliphatic carbocycles. The van der Waals surface area contributed by atoms with Gasteiger partial charge in [0.15, 0.2) is 5.78 Å². The van der Waals surface area contributed by atoms with Crippen molar-refractivity contribution in [2.45, 2.75) is 16.6 Å². The molecule has 0 saturated heterocycles. The van der Waals surface area contributed by atoms with E-state index in [9.17, 15) is 9.18 Å². The van der Waals surface area contributed by atoms with Crippen LogP contribution in [0.4, 0.5) is 4.39 Å². The summed E-state index contributed by atoms with van der Waals surface area (Å²) in [4.78, 5) is 11.6. The molecule has 0 radical (unpaired) electrons. The molecule has 0 aromatic heterocycles. The van der Waals surface area contributed by atoms with Crippen molar-refractivity contribution < 1.29 is 9.18 Å². The van der Waals surface area contributed by atoms with E-state index in [0.29, 0.717) is 4.90 Å². The fourth-order valence-corrected chi connectivity index (χ4v) is 1.37. The summed E-state index contributed by atoms with van der Waals surface area (Å²) in [5.74, 6) is -0.775. The largest absolute Gasteiger partial charge is 0.293 e. The highest BCUT2D eigenvalue weighted by Crippen LogP contribution is 2.17. The summed E-state index contributed by atoms with van der Waals surface area (Å²) in [6.07, 6.45) is 0. The maximum atomic E-state index is 13.1. The normalized spacial score (nSPS) is 12.6. The number of hydrogen-bond donors (Lipinski definition) is 1. The van der Waals surface area contributed by atoms with Gasteiger partial charge in [0, 0.05) is 4.90 Å². The molecule has 1 atom stereocenters. The average Bonchev–Trinajstić information content (AvgIpc) is 2.08. The van der Waals surface area contributed by atoms with Gasteiger partial charge in [-0.1, -0.05) is 15.9 Å². The third kappa shape index (κ3) is 2.54. The van der Waals surface area contributed by atoms with E-state index < -0.39 is 5.82 Å². The molecule has 0 aliphatic heterocycles. The van der Waals surface area contributed by atoms with Crippen molar-refractivity contribution in [2.24, 2.45) is 0 Å². The van der Waals surface area contributed by atoms with Gasteiger partial charge in [0.25, 0.3) is 0 Å². The molecule has 0 bridgehead atoms. The first-order chi connectivity index (χ1) is 6.02. The molecule has 1 aromatic rings. The second kappa shape index (κ2) is 4.24. The summed E-state index contributed by atoms with van der Waals surface area (Å²) in [7, 11) is 0. The first kappa shape index (κ1) is 10.7. The lowest BCUT2D eigenvalue weighted by Gasteiger charge is -2.04. The van der Waals surface area contributed by atoms with Crippen molar-refractivity contribution in [3.8, 4) is 0 Å². The van der Waals surface area contributed by atoms with Gasteiger partial charge in [-0.3, -0.25) is 4.79 Å². The number of alkyl halides is 1. The van der Waals surface area contributed by atoms with Crippen LogP contribution in [0.3, 0.4) is 0 Å². The average molecular weight is 263 g/mol. The standard InChI is InChI=1S/C9H8BrFOS/c1-5(10)9(12)7-4-6(13)2-3-8(7)11/h2-5,13H,1H3. The zero-order valence-corrected chi connectivity index (χ0v) is 9.40. The van der Waals surface area contributed by atoms with Gasteiger partial charge < -0.3 is 0 Å². The monoisotopic (exact) mass is 262 g/mol. The van der Waals surface area contributed by atoms with E-state index in [4.69, 9.17) is 0 Å². The SMILES string of the molecule is CC(Br)C(=O)c1cc(S)ccc1F. The van der Waals surface area contributed by atoms with Crippen molar-refractivity contribution in [1.82, 2.24) is 0 Å². The highest BCUT2D eigenvalue weighted by molar-refractivity contribution is 9.10. The van der Waals surface area contributed by atoms with Crippen LogP contribution < -0.4 is 0 Å². The molecule has 1 rings (SSSR count). The molecule has 0 amide bonds. The van der Waals surface area contributed by atoms with E-state index in [1.165, 1.54) is 18.2 Å². The highest BCUT2D eigenvalue weighted by Gasteiger charge is 2.16. The van der Waals surface area contributed by atoms with E-state index in [1.807, 2.05) is 0 Å². The van der Waals surface area contributed by atoms with Gasteiger partial charge in [-0.05, 0) is 25.1 Å². The molecule has 0 saturated carbocycles. The summed E-state index contributed by atoms with van der Waals surface area (Å²) in [5, 5.41) is 0. The molecule has 0 aliphatic rings. The van der Waals surface area contributed by atoms with E-state index in [-0.39, 0.29) is 16.2 Å². The quantitative estimate of drug-likeness (QED) is 0.493. The first-order valence-corrected chi connectivity index (χ1v) is 5.05. The van der Waals surface area contributed by atoms with E-state index in [0.717, 1.165) is 0 Å². The summed E-state index contributed by atoms with van der Waals surface area (Å²) in [6, 6.07) is 4.18. The number of ketones is 1. The molecular formula is C9H8BrFOS. The van der Waals surface area contributed by atoms with Crippen LogP contribution in [0.5, 0.6) is 0 Å². The van der Waals surface area contributed by atoms with Crippen LogP contribution in [0.25, 0.3) is 0 Å². The van der Waals surface area contributed by atoms with E-state index in [1.54, 1.807) is 6.92 Å². The first-order valence-electron chi connectivity index (χ1n) is 3.69. The van der Waals surface area contributed by atoms with Gasteiger partial charge in [-0.15, -0.1) is 12.6 Å².